The van der Waals surface area contributed by atoms with E-state index in [1.807, 2.05) is 0 Å². The fourth-order valence-corrected chi connectivity index (χ4v) is 2.40. The minimum Gasteiger partial charge on any atom is -0.282 e. The van der Waals surface area contributed by atoms with Crippen LogP contribution in [0, 0.1) is 6.92 Å². The van der Waals surface area contributed by atoms with Crippen LogP contribution in [-0.4, -0.2) is 24.6 Å². The molecule has 6 nitrogen and oxygen atoms in total. The van der Waals surface area contributed by atoms with E-state index in [0.717, 1.165) is 10.6 Å². The predicted octanol–water partition coefficient (Wildman–Crippen LogP) is 1.35. The van der Waals surface area contributed by atoms with Crippen LogP contribution in [0.25, 0.3) is 0 Å². The van der Waals surface area contributed by atoms with E-state index in [9.17, 15) is 13.2 Å². The summed E-state index contributed by atoms with van der Waals surface area (Å²) in [5.41, 5.74) is 1.45. The molecule has 0 unspecified atom stereocenters. The Morgan fingerprint density at radius 3 is 2.50 bits per heavy atom. The second kappa shape index (κ2) is 4.18. The number of carbonyl (C=O) groups is 1. The van der Waals surface area contributed by atoms with Crippen molar-refractivity contribution in [1.82, 2.24) is 0 Å². The molecule has 0 saturated heterocycles. The van der Waals surface area contributed by atoms with E-state index in [2.05, 4.69) is 5.10 Å². The van der Waals surface area contributed by atoms with Crippen molar-refractivity contribution in [2.75, 3.05) is 5.01 Å². The van der Waals surface area contributed by atoms with E-state index in [-0.39, 0.29) is 22.9 Å². The molecule has 96 valence electrons. The lowest BCUT2D eigenvalue weighted by Crippen LogP contribution is -2.22. The maximum atomic E-state index is 11.7. The van der Waals surface area contributed by atoms with Crippen LogP contribution in [0.5, 0.6) is 0 Å². The van der Waals surface area contributed by atoms with Gasteiger partial charge in [-0.15, -0.1) is 0 Å². The third kappa shape index (κ3) is 2.27. The summed E-state index contributed by atoms with van der Waals surface area (Å²) in [6.45, 7) is 3.44. The van der Waals surface area contributed by atoms with E-state index in [0.29, 0.717) is 5.71 Å². The quantitative estimate of drug-likeness (QED) is 0.820. The Hall–Kier alpha value is -1.73. The fraction of sp³-hybridized carbons (Fsp3) is 0.273. The number of carbonyl (C=O) groups excluding carboxylic acids is 1. The van der Waals surface area contributed by atoms with Crippen molar-refractivity contribution in [3.8, 4) is 0 Å². The van der Waals surface area contributed by atoms with Gasteiger partial charge in [0.05, 0.1) is 12.1 Å². The van der Waals surface area contributed by atoms with Gasteiger partial charge in [-0.2, -0.15) is 18.5 Å². The molecule has 0 fully saturated rings. The summed E-state index contributed by atoms with van der Waals surface area (Å²) in [4.78, 5) is 11.4. The monoisotopic (exact) mass is 268 g/mol. The summed E-state index contributed by atoms with van der Waals surface area (Å²) < 4.78 is 31.7. The number of amides is 1. The maximum absolute atomic E-state index is 11.7. The first-order valence-corrected chi connectivity index (χ1v) is 6.68. The normalized spacial score (nSPS) is 16.1. The molecule has 0 radical (unpaired) electrons. The largest absolute Gasteiger partial charge is 0.296 e. The molecule has 0 spiro atoms. The van der Waals surface area contributed by atoms with Crippen LogP contribution < -0.4 is 5.01 Å². The summed E-state index contributed by atoms with van der Waals surface area (Å²) in [5.74, 6) is -0.317. The molecule has 1 aromatic carbocycles. The number of hydrogen-bond donors (Lipinski definition) is 1. The van der Waals surface area contributed by atoms with Crippen LogP contribution >= 0.6 is 0 Å². The molecule has 0 aromatic heterocycles. The summed E-state index contributed by atoms with van der Waals surface area (Å²) in [7, 11) is -4.39. The zero-order chi connectivity index (χ0) is 13.5. The zero-order valence-electron chi connectivity index (χ0n) is 9.91. The number of anilines is 1. The van der Waals surface area contributed by atoms with E-state index in [1.54, 1.807) is 19.9 Å². The Morgan fingerprint density at radius 1 is 1.33 bits per heavy atom. The number of nitrogens with zero attached hydrogens (tertiary/aromatic N) is 2. The van der Waals surface area contributed by atoms with Gasteiger partial charge in [0.25, 0.3) is 16.0 Å². The molecular formula is C11H12N2O4S. The van der Waals surface area contributed by atoms with Gasteiger partial charge in [0, 0.05) is 5.71 Å². The maximum Gasteiger partial charge on any atom is 0.296 e. The zero-order valence-corrected chi connectivity index (χ0v) is 10.7. The highest BCUT2D eigenvalue weighted by Gasteiger charge is 2.28. The lowest BCUT2D eigenvalue weighted by atomic mass is 10.2. The molecule has 1 aromatic rings. The molecule has 0 saturated carbocycles. The average molecular weight is 268 g/mol. The summed E-state index contributed by atoms with van der Waals surface area (Å²) in [6.07, 6.45) is 0.152. The van der Waals surface area contributed by atoms with Crippen molar-refractivity contribution in [3.05, 3.63) is 23.8 Å². The van der Waals surface area contributed by atoms with Crippen molar-refractivity contribution in [1.29, 1.82) is 0 Å². The average Bonchev–Trinajstić information content (AvgIpc) is 2.55. The third-order valence-electron chi connectivity index (χ3n) is 2.53. The molecule has 1 heterocycles. The molecule has 18 heavy (non-hydrogen) atoms. The Balaban J connectivity index is 2.63. The standard InChI is InChI=1S/C11H12N2O4S/c1-7-3-4-10(18(15,16)17)9(5-7)13-11(14)6-8(2)12-13/h3-5H,6H2,1-2H3,(H,15,16,17). The summed E-state index contributed by atoms with van der Waals surface area (Å²) >= 11 is 0. The second-order valence-electron chi connectivity index (χ2n) is 4.16. The van der Waals surface area contributed by atoms with E-state index < -0.39 is 10.1 Å². The molecule has 0 atom stereocenters. The third-order valence-corrected chi connectivity index (χ3v) is 3.44. The topological polar surface area (TPSA) is 87.0 Å². The molecule has 1 N–H and O–H groups in total. The van der Waals surface area contributed by atoms with E-state index >= 15 is 0 Å². The molecule has 2 rings (SSSR count). The van der Waals surface area contributed by atoms with Crippen LogP contribution in [0.2, 0.25) is 0 Å². The van der Waals surface area contributed by atoms with Crippen LogP contribution in [0.4, 0.5) is 5.69 Å². The summed E-state index contributed by atoms with van der Waals surface area (Å²) in [6, 6.07) is 4.31. The number of rotatable bonds is 2. The van der Waals surface area contributed by atoms with Gasteiger partial charge in [-0.25, -0.2) is 0 Å². The van der Waals surface area contributed by atoms with Gasteiger partial charge in [-0.3, -0.25) is 9.35 Å². The van der Waals surface area contributed by atoms with Gasteiger partial charge in [0.2, 0.25) is 0 Å². The molecule has 7 heteroatoms. The number of benzene rings is 1. The van der Waals surface area contributed by atoms with Gasteiger partial charge in [-0.05, 0) is 31.5 Å². The smallest absolute Gasteiger partial charge is 0.282 e. The second-order valence-corrected chi connectivity index (χ2v) is 5.55. The van der Waals surface area contributed by atoms with Gasteiger partial charge >= 0.3 is 0 Å². The lowest BCUT2D eigenvalue weighted by molar-refractivity contribution is -0.116. The van der Waals surface area contributed by atoms with E-state index in [1.165, 1.54) is 12.1 Å². The van der Waals surface area contributed by atoms with Gasteiger partial charge in [0.15, 0.2) is 0 Å². The van der Waals surface area contributed by atoms with Gasteiger partial charge in [0.1, 0.15) is 4.90 Å². The van der Waals surface area contributed by atoms with Crippen LogP contribution in [-0.2, 0) is 14.9 Å². The highest BCUT2D eigenvalue weighted by atomic mass is 32.2. The Kier molecular flexibility index (Phi) is 2.95. The fourth-order valence-electron chi connectivity index (χ4n) is 1.75. The molecular weight excluding hydrogens is 256 g/mol. The minimum absolute atomic E-state index is 0.0827. The molecule has 1 aliphatic heterocycles. The van der Waals surface area contributed by atoms with Crippen LogP contribution in [0.1, 0.15) is 18.9 Å². The van der Waals surface area contributed by atoms with Crippen molar-refractivity contribution in [3.63, 3.8) is 0 Å². The Bertz CT molecular complexity index is 649. The molecule has 0 bridgehead atoms. The highest BCUT2D eigenvalue weighted by Crippen LogP contribution is 2.29. The Labute approximate surface area is 105 Å². The molecule has 0 aliphatic carbocycles. The molecule has 1 amide bonds. The SMILES string of the molecule is CC1=NN(c2cc(C)ccc2S(=O)(=O)O)C(=O)C1. The number of hydrazone groups is 1. The first-order chi connectivity index (χ1) is 8.29. The van der Waals surface area contributed by atoms with E-state index in [4.69, 9.17) is 4.55 Å². The van der Waals surface area contributed by atoms with Crippen LogP contribution in [0.3, 0.4) is 0 Å². The number of aryl methyl sites for hydroxylation is 1. The lowest BCUT2D eigenvalue weighted by Gasteiger charge is -2.15. The van der Waals surface area contributed by atoms with Gasteiger partial charge in [-0.1, -0.05) is 6.07 Å². The van der Waals surface area contributed by atoms with Crippen molar-refractivity contribution in [2.45, 2.75) is 25.2 Å². The molecule has 1 aliphatic rings. The predicted molar refractivity (Wildman–Crippen MR) is 66.2 cm³/mol. The van der Waals surface area contributed by atoms with Crippen molar-refractivity contribution < 1.29 is 17.8 Å². The van der Waals surface area contributed by atoms with Crippen LogP contribution in [0.15, 0.2) is 28.2 Å². The first-order valence-electron chi connectivity index (χ1n) is 5.24. The summed E-state index contributed by atoms with van der Waals surface area (Å²) in [5, 5.41) is 5.00. The number of hydrogen-bond acceptors (Lipinski definition) is 4. The van der Waals surface area contributed by atoms with Crippen molar-refractivity contribution >= 4 is 27.4 Å². The van der Waals surface area contributed by atoms with Gasteiger partial charge < -0.3 is 0 Å². The first kappa shape index (κ1) is 12.7. The minimum atomic E-state index is -4.39. The Morgan fingerprint density at radius 2 is 2.00 bits per heavy atom. The highest BCUT2D eigenvalue weighted by molar-refractivity contribution is 7.86. The van der Waals surface area contributed by atoms with Crippen molar-refractivity contribution in [2.24, 2.45) is 5.10 Å².